The van der Waals surface area contributed by atoms with E-state index in [1.165, 1.54) is 0 Å². The maximum Gasteiger partial charge on any atom is 0.223 e. The van der Waals surface area contributed by atoms with Crippen LogP contribution in [0.4, 0.5) is 0 Å². The van der Waals surface area contributed by atoms with Gasteiger partial charge in [0.1, 0.15) is 0 Å². The first-order chi connectivity index (χ1) is 5.69. The molecular weight excluding hydrogens is 174 g/mol. The van der Waals surface area contributed by atoms with Gasteiger partial charge in [0, 0.05) is 24.9 Å². The van der Waals surface area contributed by atoms with Gasteiger partial charge >= 0.3 is 0 Å². The van der Waals surface area contributed by atoms with Crippen LogP contribution in [0, 0.1) is 5.92 Å². The van der Waals surface area contributed by atoms with Gasteiger partial charge in [-0.15, -0.1) is 11.6 Å². The first-order valence-electron chi connectivity index (χ1n) is 4.54. The minimum atomic E-state index is 0.273. The number of carbonyl (C=O) groups excluding carboxylic acids is 1. The molecule has 1 saturated heterocycles. The molecule has 1 fully saturated rings. The molecule has 1 aliphatic heterocycles. The second kappa shape index (κ2) is 4.13. The molecule has 0 aromatic rings. The Morgan fingerprint density at radius 1 is 1.75 bits per heavy atom. The Labute approximate surface area is 78.9 Å². The minimum Gasteiger partial charge on any atom is -0.340 e. The molecule has 3 heteroatoms. The molecule has 0 radical (unpaired) electrons. The van der Waals surface area contributed by atoms with E-state index in [1.54, 1.807) is 0 Å². The summed E-state index contributed by atoms with van der Waals surface area (Å²) in [5.74, 6) is 1.27. The molecule has 0 saturated carbocycles. The summed E-state index contributed by atoms with van der Waals surface area (Å²) >= 11 is 5.71. The monoisotopic (exact) mass is 189 g/mol. The van der Waals surface area contributed by atoms with E-state index in [1.807, 2.05) is 4.90 Å². The molecule has 1 aliphatic rings. The number of nitrogens with zero attached hydrogens (tertiary/aromatic N) is 1. The van der Waals surface area contributed by atoms with Gasteiger partial charge in [-0.25, -0.2) is 0 Å². The summed E-state index contributed by atoms with van der Waals surface area (Å²) in [6.45, 7) is 5.05. The van der Waals surface area contributed by atoms with Crippen molar-refractivity contribution in [3.63, 3.8) is 0 Å². The fourth-order valence-electron chi connectivity index (χ4n) is 1.56. The number of amides is 1. The van der Waals surface area contributed by atoms with Crippen molar-refractivity contribution in [3.8, 4) is 0 Å². The molecule has 0 bridgehead atoms. The van der Waals surface area contributed by atoms with Crippen molar-refractivity contribution in [2.45, 2.75) is 32.7 Å². The van der Waals surface area contributed by atoms with Crippen LogP contribution in [0.5, 0.6) is 0 Å². The van der Waals surface area contributed by atoms with Crippen LogP contribution in [-0.4, -0.2) is 29.3 Å². The molecule has 1 heterocycles. The number of hydrogen-bond acceptors (Lipinski definition) is 1. The van der Waals surface area contributed by atoms with E-state index in [0.29, 0.717) is 24.3 Å². The number of carbonyl (C=O) groups is 1. The van der Waals surface area contributed by atoms with Gasteiger partial charge in [-0.3, -0.25) is 4.79 Å². The van der Waals surface area contributed by atoms with E-state index >= 15 is 0 Å². The highest BCUT2D eigenvalue weighted by molar-refractivity contribution is 6.18. The van der Waals surface area contributed by atoms with Gasteiger partial charge in [-0.1, -0.05) is 6.92 Å². The highest BCUT2D eigenvalue weighted by Crippen LogP contribution is 2.21. The van der Waals surface area contributed by atoms with Crippen molar-refractivity contribution < 1.29 is 4.79 Å². The van der Waals surface area contributed by atoms with E-state index in [0.717, 1.165) is 13.0 Å². The molecule has 0 spiro atoms. The topological polar surface area (TPSA) is 20.3 Å². The summed E-state index contributed by atoms with van der Waals surface area (Å²) in [5.41, 5.74) is 0. The minimum absolute atomic E-state index is 0.273. The van der Waals surface area contributed by atoms with Crippen LogP contribution in [0.2, 0.25) is 0 Å². The zero-order valence-corrected chi connectivity index (χ0v) is 8.47. The normalized spacial score (nSPS) is 26.4. The largest absolute Gasteiger partial charge is 0.340 e. The average Bonchev–Trinajstić information content (AvgIpc) is 2.45. The Hall–Kier alpha value is -0.240. The zero-order chi connectivity index (χ0) is 9.14. The molecule has 2 nitrogen and oxygen atoms in total. The van der Waals surface area contributed by atoms with Crippen LogP contribution in [0.3, 0.4) is 0 Å². The first-order valence-corrected chi connectivity index (χ1v) is 5.07. The molecule has 2 unspecified atom stereocenters. The first kappa shape index (κ1) is 9.85. The van der Waals surface area contributed by atoms with Gasteiger partial charge in [0.15, 0.2) is 0 Å². The van der Waals surface area contributed by atoms with Gasteiger partial charge in [0.05, 0.1) is 0 Å². The Bertz CT molecular complexity index is 172. The lowest BCUT2D eigenvalue weighted by molar-refractivity contribution is -0.129. The summed E-state index contributed by atoms with van der Waals surface area (Å²) in [7, 11) is 0. The quantitative estimate of drug-likeness (QED) is 0.621. The molecule has 12 heavy (non-hydrogen) atoms. The highest BCUT2D eigenvalue weighted by atomic mass is 35.5. The van der Waals surface area contributed by atoms with Crippen LogP contribution >= 0.6 is 11.6 Å². The van der Waals surface area contributed by atoms with Crippen LogP contribution in [0.1, 0.15) is 26.7 Å². The van der Waals surface area contributed by atoms with Crippen molar-refractivity contribution in [1.82, 2.24) is 4.90 Å². The SMILES string of the molecule is CCC(C)N1CC(CCl)CC1=O. The van der Waals surface area contributed by atoms with Gasteiger partial charge in [0.25, 0.3) is 0 Å². The van der Waals surface area contributed by atoms with Gasteiger partial charge in [-0.2, -0.15) is 0 Å². The van der Waals surface area contributed by atoms with Gasteiger partial charge in [-0.05, 0) is 19.3 Å². The second-order valence-electron chi connectivity index (χ2n) is 3.53. The third-order valence-corrected chi connectivity index (χ3v) is 3.02. The summed E-state index contributed by atoms with van der Waals surface area (Å²) < 4.78 is 0. The predicted octanol–water partition coefficient (Wildman–Crippen LogP) is 1.87. The number of likely N-dealkylation sites (tertiary alicyclic amines) is 1. The average molecular weight is 190 g/mol. The zero-order valence-electron chi connectivity index (χ0n) is 7.72. The van der Waals surface area contributed by atoms with E-state index in [-0.39, 0.29) is 5.91 Å². The summed E-state index contributed by atoms with van der Waals surface area (Å²) in [5, 5.41) is 0. The highest BCUT2D eigenvalue weighted by Gasteiger charge is 2.30. The van der Waals surface area contributed by atoms with E-state index in [4.69, 9.17) is 11.6 Å². The molecular formula is C9H16ClNO. The summed E-state index contributed by atoms with van der Waals surface area (Å²) in [6, 6.07) is 0.380. The van der Waals surface area contributed by atoms with Crippen LogP contribution < -0.4 is 0 Å². The summed E-state index contributed by atoms with van der Waals surface area (Å²) in [6.07, 6.45) is 1.68. The van der Waals surface area contributed by atoms with Crippen LogP contribution in [-0.2, 0) is 4.79 Å². The Morgan fingerprint density at radius 3 is 2.83 bits per heavy atom. The number of rotatable bonds is 3. The maximum absolute atomic E-state index is 11.4. The third kappa shape index (κ3) is 1.92. The van der Waals surface area contributed by atoms with Crippen molar-refractivity contribution in [3.05, 3.63) is 0 Å². The molecule has 0 N–H and O–H groups in total. The molecule has 0 aliphatic carbocycles. The van der Waals surface area contributed by atoms with Crippen LogP contribution in [0.25, 0.3) is 0 Å². The lowest BCUT2D eigenvalue weighted by Crippen LogP contribution is -2.33. The lowest BCUT2D eigenvalue weighted by Gasteiger charge is -2.23. The Morgan fingerprint density at radius 2 is 2.42 bits per heavy atom. The molecule has 0 aromatic heterocycles. The van der Waals surface area contributed by atoms with E-state index in [2.05, 4.69) is 13.8 Å². The van der Waals surface area contributed by atoms with Crippen LogP contribution in [0.15, 0.2) is 0 Å². The lowest BCUT2D eigenvalue weighted by atomic mass is 10.1. The van der Waals surface area contributed by atoms with Crippen molar-refractivity contribution in [2.24, 2.45) is 5.92 Å². The van der Waals surface area contributed by atoms with E-state index < -0.39 is 0 Å². The Balaban J connectivity index is 2.51. The van der Waals surface area contributed by atoms with Crippen molar-refractivity contribution in [2.75, 3.05) is 12.4 Å². The fraction of sp³-hybridized carbons (Fsp3) is 0.889. The molecule has 70 valence electrons. The van der Waals surface area contributed by atoms with Crippen molar-refractivity contribution >= 4 is 17.5 Å². The summed E-state index contributed by atoms with van der Waals surface area (Å²) in [4.78, 5) is 13.4. The van der Waals surface area contributed by atoms with Gasteiger partial charge < -0.3 is 4.90 Å². The van der Waals surface area contributed by atoms with Crippen molar-refractivity contribution in [1.29, 1.82) is 0 Å². The maximum atomic E-state index is 11.4. The molecule has 0 aromatic carbocycles. The number of hydrogen-bond donors (Lipinski definition) is 0. The van der Waals surface area contributed by atoms with E-state index in [9.17, 15) is 4.79 Å². The fourth-order valence-corrected chi connectivity index (χ4v) is 1.76. The molecule has 1 amide bonds. The molecule has 1 rings (SSSR count). The third-order valence-electron chi connectivity index (χ3n) is 2.58. The standard InChI is InChI=1S/C9H16ClNO/c1-3-7(2)11-6-8(5-10)4-9(11)12/h7-8H,3-6H2,1-2H3. The Kier molecular flexibility index (Phi) is 3.39. The number of alkyl halides is 1. The molecule has 2 atom stereocenters. The smallest absolute Gasteiger partial charge is 0.223 e. The predicted molar refractivity (Wildman–Crippen MR) is 50.3 cm³/mol. The second-order valence-corrected chi connectivity index (χ2v) is 3.84. The number of halogens is 1. The van der Waals surface area contributed by atoms with Gasteiger partial charge in [0.2, 0.25) is 5.91 Å².